The van der Waals surface area contributed by atoms with Crippen molar-refractivity contribution in [2.45, 2.75) is 24.9 Å². The normalized spacial score (nSPS) is 25.5. The van der Waals surface area contributed by atoms with Crippen molar-refractivity contribution in [1.82, 2.24) is 0 Å². The third-order valence-corrected chi connectivity index (χ3v) is 6.00. The lowest BCUT2D eigenvalue weighted by molar-refractivity contribution is -0.903. The molecule has 1 unspecified atom stereocenters. The second-order valence-electron chi connectivity index (χ2n) is 8.21. The Bertz CT molecular complexity index is 850. The average molecular weight is 352 g/mol. The highest BCUT2D eigenvalue weighted by atomic mass is 16.6. The molecule has 1 saturated heterocycles. The van der Waals surface area contributed by atoms with E-state index in [-0.39, 0.29) is 5.41 Å². The van der Waals surface area contributed by atoms with Crippen LogP contribution in [0.25, 0.3) is 0 Å². The zero-order chi connectivity index (χ0) is 18.5. The van der Waals surface area contributed by atoms with Gasteiger partial charge in [-0.05, 0) is 42.8 Å². The molecule has 26 heavy (non-hydrogen) atoms. The SMILES string of the molecule is CN1c2ccc(OC(=O)Nc3ccccc3)cc2[C@]2(C)CC[N+](C)(C)C12. The van der Waals surface area contributed by atoms with E-state index in [0.717, 1.165) is 23.1 Å². The minimum absolute atomic E-state index is 0.0723. The van der Waals surface area contributed by atoms with E-state index in [9.17, 15) is 4.79 Å². The Morgan fingerprint density at radius 3 is 2.69 bits per heavy atom. The third-order valence-electron chi connectivity index (χ3n) is 6.00. The summed E-state index contributed by atoms with van der Waals surface area (Å²) in [5, 5.41) is 2.76. The van der Waals surface area contributed by atoms with Crippen molar-refractivity contribution in [1.29, 1.82) is 0 Å². The molecule has 1 fully saturated rings. The lowest BCUT2D eigenvalue weighted by Crippen LogP contribution is -2.55. The Hall–Kier alpha value is -2.53. The lowest BCUT2D eigenvalue weighted by atomic mass is 9.81. The van der Waals surface area contributed by atoms with E-state index >= 15 is 0 Å². The molecule has 0 bridgehead atoms. The number of para-hydroxylation sites is 1. The molecule has 2 aromatic carbocycles. The van der Waals surface area contributed by atoms with Gasteiger partial charge in [0.05, 0.1) is 26.1 Å². The van der Waals surface area contributed by atoms with Crippen LogP contribution in [-0.2, 0) is 5.41 Å². The highest BCUT2D eigenvalue weighted by molar-refractivity contribution is 5.86. The number of rotatable bonds is 2. The number of anilines is 2. The van der Waals surface area contributed by atoms with Crippen LogP contribution < -0.4 is 15.0 Å². The zero-order valence-electron chi connectivity index (χ0n) is 15.8. The summed E-state index contributed by atoms with van der Waals surface area (Å²) in [6.45, 7) is 3.48. The Morgan fingerprint density at radius 2 is 1.96 bits per heavy atom. The van der Waals surface area contributed by atoms with Crippen molar-refractivity contribution in [2.75, 3.05) is 37.9 Å². The van der Waals surface area contributed by atoms with E-state index in [0.29, 0.717) is 11.9 Å². The summed E-state index contributed by atoms with van der Waals surface area (Å²) >= 11 is 0. The van der Waals surface area contributed by atoms with Gasteiger partial charge >= 0.3 is 6.09 Å². The van der Waals surface area contributed by atoms with Crippen LogP contribution in [-0.4, -0.2) is 44.4 Å². The molecule has 2 aliphatic heterocycles. The predicted molar refractivity (Wildman–Crippen MR) is 104 cm³/mol. The van der Waals surface area contributed by atoms with Crippen LogP contribution >= 0.6 is 0 Å². The number of benzene rings is 2. The van der Waals surface area contributed by atoms with Gasteiger partial charge in [0.1, 0.15) is 5.75 Å². The van der Waals surface area contributed by atoms with E-state index in [1.54, 1.807) is 0 Å². The highest BCUT2D eigenvalue weighted by Crippen LogP contribution is 2.53. The summed E-state index contributed by atoms with van der Waals surface area (Å²) in [6, 6.07) is 15.3. The van der Waals surface area contributed by atoms with E-state index < -0.39 is 6.09 Å². The lowest BCUT2D eigenvalue weighted by Gasteiger charge is -2.38. The van der Waals surface area contributed by atoms with Gasteiger partial charge in [0, 0.05) is 24.8 Å². The first-order chi connectivity index (χ1) is 12.3. The molecule has 1 N–H and O–H groups in total. The summed E-state index contributed by atoms with van der Waals surface area (Å²) < 4.78 is 6.53. The Labute approximate surface area is 154 Å². The second kappa shape index (κ2) is 5.74. The van der Waals surface area contributed by atoms with Crippen molar-refractivity contribution in [3.63, 3.8) is 0 Å². The van der Waals surface area contributed by atoms with Crippen molar-refractivity contribution in [2.24, 2.45) is 0 Å². The molecule has 136 valence electrons. The van der Waals surface area contributed by atoms with Crippen LogP contribution in [0.3, 0.4) is 0 Å². The molecule has 0 radical (unpaired) electrons. The number of hydrogen-bond donors (Lipinski definition) is 1. The Morgan fingerprint density at radius 1 is 1.23 bits per heavy atom. The van der Waals surface area contributed by atoms with Crippen LogP contribution in [0, 0.1) is 0 Å². The van der Waals surface area contributed by atoms with Gasteiger partial charge in [0.15, 0.2) is 6.17 Å². The molecule has 0 spiro atoms. The molecule has 0 saturated carbocycles. The highest BCUT2D eigenvalue weighted by Gasteiger charge is 2.59. The number of quaternary nitrogens is 1. The zero-order valence-corrected chi connectivity index (χ0v) is 15.8. The van der Waals surface area contributed by atoms with Crippen LogP contribution in [0.1, 0.15) is 18.9 Å². The van der Waals surface area contributed by atoms with Gasteiger partial charge in [0.2, 0.25) is 0 Å². The van der Waals surface area contributed by atoms with E-state index in [1.807, 2.05) is 42.5 Å². The standard InChI is InChI=1S/C21H25N3O2/c1-21-12-13-24(3,4)19(21)23(2)18-11-10-16(14-17(18)21)26-20(25)22-15-8-6-5-7-9-15/h5-11,14,19H,12-13H2,1-4H3/p+1/t19?,21-/m0/s1. The maximum atomic E-state index is 12.2. The Kier molecular flexibility index (Phi) is 3.74. The van der Waals surface area contributed by atoms with Gasteiger partial charge in [-0.3, -0.25) is 5.32 Å². The molecule has 2 aliphatic rings. The minimum Gasteiger partial charge on any atom is -0.410 e. The fourth-order valence-corrected chi connectivity index (χ4v) is 4.96. The van der Waals surface area contributed by atoms with Crippen LogP contribution in [0.4, 0.5) is 16.2 Å². The first-order valence-electron chi connectivity index (χ1n) is 9.05. The fourth-order valence-electron chi connectivity index (χ4n) is 4.96. The number of carbonyl (C=O) groups is 1. The summed E-state index contributed by atoms with van der Waals surface area (Å²) in [6.07, 6.45) is 1.07. The van der Waals surface area contributed by atoms with Crippen molar-refractivity contribution in [3.8, 4) is 5.75 Å². The summed E-state index contributed by atoms with van der Waals surface area (Å²) in [7, 11) is 6.76. The van der Waals surface area contributed by atoms with Gasteiger partial charge in [-0.25, -0.2) is 4.79 Å². The topological polar surface area (TPSA) is 41.6 Å². The molecule has 5 heteroatoms. The van der Waals surface area contributed by atoms with Crippen LogP contribution in [0.5, 0.6) is 5.75 Å². The van der Waals surface area contributed by atoms with Gasteiger partial charge in [-0.2, -0.15) is 0 Å². The van der Waals surface area contributed by atoms with E-state index in [2.05, 4.69) is 44.3 Å². The largest absolute Gasteiger partial charge is 0.417 e. The average Bonchev–Trinajstić information content (AvgIpc) is 2.98. The monoisotopic (exact) mass is 352 g/mol. The smallest absolute Gasteiger partial charge is 0.410 e. The number of hydrogen-bond acceptors (Lipinski definition) is 3. The number of fused-ring (bicyclic) bond motifs is 3. The Balaban J connectivity index is 1.58. The summed E-state index contributed by atoms with van der Waals surface area (Å²) in [5.41, 5.74) is 3.31. The van der Waals surface area contributed by atoms with Crippen molar-refractivity contribution < 1.29 is 14.0 Å². The number of nitrogens with zero attached hydrogens (tertiary/aromatic N) is 2. The van der Waals surface area contributed by atoms with Gasteiger partial charge in [-0.1, -0.05) is 18.2 Å². The maximum Gasteiger partial charge on any atom is 0.417 e. The molecular weight excluding hydrogens is 326 g/mol. The van der Waals surface area contributed by atoms with Crippen molar-refractivity contribution >= 4 is 17.5 Å². The number of likely N-dealkylation sites (N-methyl/N-ethyl adjacent to an activating group) is 2. The van der Waals surface area contributed by atoms with Crippen molar-refractivity contribution in [3.05, 3.63) is 54.1 Å². The van der Waals surface area contributed by atoms with Gasteiger partial charge in [-0.15, -0.1) is 0 Å². The molecule has 2 heterocycles. The number of nitrogens with one attached hydrogen (secondary N) is 1. The molecule has 0 aromatic heterocycles. The quantitative estimate of drug-likeness (QED) is 0.836. The number of likely N-dealkylation sites (tertiary alicyclic amines) is 1. The first-order valence-corrected chi connectivity index (χ1v) is 9.05. The number of ether oxygens (including phenoxy) is 1. The number of amides is 1. The van der Waals surface area contributed by atoms with Gasteiger partial charge < -0.3 is 14.1 Å². The van der Waals surface area contributed by atoms with Crippen LogP contribution in [0.15, 0.2) is 48.5 Å². The fraction of sp³-hybridized carbons (Fsp3) is 0.381. The summed E-state index contributed by atoms with van der Waals surface area (Å²) in [5.74, 6) is 0.588. The molecular formula is C21H26N3O2+. The number of carbonyl (C=O) groups excluding carboxylic acids is 1. The van der Waals surface area contributed by atoms with E-state index in [4.69, 9.17) is 4.74 Å². The maximum absolute atomic E-state index is 12.2. The molecule has 4 rings (SSSR count). The van der Waals surface area contributed by atoms with E-state index in [1.165, 1.54) is 11.3 Å². The van der Waals surface area contributed by atoms with Crippen LogP contribution in [0.2, 0.25) is 0 Å². The second-order valence-corrected chi connectivity index (χ2v) is 8.21. The molecule has 2 aromatic rings. The molecule has 0 aliphatic carbocycles. The first kappa shape index (κ1) is 16.9. The molecule has 1 amide bonds. The predicted octanol–water partition coefficient (Wildman–Crippen LogP) is 3.81. The third kappa shape index (κ3) is 2.54. The molecule has 5 nitrogen and oxygen atoms in total. The van der Waals surface area contributed by atoms with Gasteiger partial charge in [0.25, 0.3) is 0 Å². The molecule has 2 atom stereocenters. The summed E-state index contributed by atoms with van der Waals surface area (Å²) in [4.78, 5) is 14.6. The minimum atomic E-state index is -0.466.